The molecule has 1 aliphatic carbocycles. The average Bonchev–Trinajstić information content (AvgIpc) is 3.06. The van der Waals surface area contributed by atoms with Crippen molar-refractivity contribution in [3.63, 3.8) is 0 Å². The molecule has 2 aromatic heterocycles. The van der Waals surface area contributed by atoms with Gasteiger partial charge < -0.3 is 9.15 Å². The standard InChI is InChI=1S/C20H22N4O3/c1-20(2,3)18-23-24-19(27-18)22-17(25)13-10-14(11-13)26-15-8-4-6-12-7-5-9-21-16(12)15/h4-9,13-14H,10-11H2,1-3H3,(H,22,24,25). The molecule has 1 N–H and O–H groups in total. The van der Waals surface area contributed by atoms with Gasteiger partial charge in [-0.25, -0.2) is 0 Å². The van der Waals surface area contributed by atoms with Crippen LogP contribution in [0.5, 0.6) is 5.75 Å². The van der Waals surface area contributed by atoms with E-state index in [1.165, 1.54) is 0 Å². The van der Waals surface area contributed by atoms with Gasteiger partial charge in [-0.2, -0.15) is 0 Å². The molecule has 27 heavy (non-hydrogen) atoms. The number of pyridine rings is 1. The van der Waals surface area contributed by atoms with E-state index in [1.54, 1.807) is 6.20 Å². The Kier molecular flexibility index (Phi) is 4.30. The highest BCUT2D eigenvalue weighted by Crippen LogP contribution is 2.34. The lowest BCUT2D eigenvalue weighted by molar-refractivity contribution is -0.125. The second-order valence-electron chi connectivity index (χ2n) is 7.89. The van der Waals surface area contributed by atoms with E-state index in [4.69, 9.17) is 9.15 Å². The smallest absolute Gasteiger partial charge is 0.322 e. The summed E-state index contributed by atoms with van der Waals surface area (Å²) in [4.78, 5) is 16.7. The number of benzene rings is 1. The Labute approximate surface area is 157 Å². The van der Waals surface area contributed by atoms with E-state index in [-0.39, 0.29) is 29.4 Å². The number of nitrogens with one attached hydrogen (secondary N) is 1. The molecule has 1 aromatic carbocycles. The largest absolute Gasteiger partial charge is 0.488 e. The summed E-state index contributed by atoms with van der Waals surface area (Å²) in [6, 6.07) is 9.91. The van der Waals surface area contributed by atoms with Gasteiger partial charge >= 0.3 is 6.01 Å². The van der Waals surface area contributed by atoms with E-state index in [1.807, 2.05) is 51.1 Å². The van der Waals surface area contributed by atoms with Crippen LogP contribution in [0.1, 0.15) is 39.5 Å². The van der Waals surface area contributed by atoms with Crippen LogP contribution < -0.4 is 10.1 Å². The summed E-state index contributed by atoms with van der Waals surface area (Å²) >= 11 is 0. The number of ether oxygens (including phenoxy) is 1. The molecule has 0 saturated heterocycles. The SMILES string of the molecule is CC(C)(C)c1nnc(NC(=O)C2CC(Oc3cccc4cccnc34)C2)o1. The van der Waals surface area contributed by atoms with Gasteiger partial charge in [-0.3, -0.25) is 15.1 Å². The molecule has 0 bridgehead atoms. The third kappa shape index (κ3) is 3.63. The van der Waals surface area contributed by atoms with Crippen molar-refractivity contribution >= 4 is 22.8 Å². The molecular weight excluding hydrogens is 344 g/mol. The molecule has 1 amide bonds. The van der Waals surface area contributed by atoms with Crippen LogP contribution in [0.4, 0.5) is 6.01 Å². The lowest BCUT2D eigenvalue weighted by Gasteiger charge is -2.34. The fourth-order valence-corrected chi connectivity index (χ4v) is 3.01. The molecule has 2 heterocycles. The highest BCUT2D eigenvalue weighted by Gasteiger charge is 2.37. The van der Waals surface area contributed by atoms with E-state index in [0.717, 1.165) is 16.7 Å². The Bertz CT molecular complexity index is 965. The molecule has 0 unspecified atom stereocenters. The molecule has 3 aromatic rings. The van der Waals surface area contributed by atoms with Gasteiger partial charge in [0, 0.05) is 22.9 Å². The highest BCUT2D eigenvalue weighted by molar-refractivity contribution is 5.91. The van der Waals surface area contributed by atoms with Crippen LogP contribution in [0.15, 0.2) is 40.9 Å². The monoisotopic (exact) mass is 366 g/mol. The number of hydrogen-bond donors (Lipinski definition) is 1. The normalized spacial score (nSPS) is 19.5. The Morgan fingerprint density at radius 2 is 1.96 bits per heavy atom. The van der Waals surface area contributed by atoms with Gasteiger partial charge in [-0.1, -0.05) is 44.1 Å². The van der Waals surface area contributed by atoms with Gasteiger partial charge in [0.15, 0.2) is 0 Å². The van der Waals surface area contributed by atoms with Crippen LogP contribution in [0.25, 0.3) is 10.9 Å². The third-order valence-electron chi connectivity index (χ3n) is 4.65. The Balaban J connectivity index is 1.34. The van der Waals surface area contributed by atoms with Crippen LogP contribution in [-0.2, 0) is 10.2 Å². The molecule has 0 radical (unpaired) electrons. The second-order valence-corrected chi connectivity index (χ2v) is 7.89. The van der Waals surface area contributed by atoms with Crippen molar-refractivity contribution in [2.24, 2.45) is 5.92 Å². The predicted octanol–water partition coefficient (Wildman–Crippen LogP) is 3.71. The van der Waals surface area contributed by atoms with Crippen LogP contribution in [0, 0.1) is 5.92 Å². The minimum atomic E-state index is -0.252. The van der Waals surface area contributed by atoms with E-state index >= 15 is 0 Å². The predicted molar refractivity (Wildman–Crippen MR) is 101 cm³/mol. The summed E-state index contributed by atoms with van der Waals surface area (Å²) in [6.07, 6.45) is 3.05. The lowest BCUT2D eigenvalue weighted by Crippen LogP contribution is -2.40. The number of carbonyl (C=O) groups excluding carboxylic acids is 1. The summed E-state index contributed by atoms with van der Waals surface area (Å²) < 4.78 is 11.6. The number of nitrogens with zero attached hydrogens (tertiary/aromatic N) is 3. The quantitative estimate of drug-likeness (QED) is 0.757. The van der Waals surface area contributed by atoms with Crippen molar-refractivity contribution in [1.82, 2.24) is 15.2 Å². The van der Waals surface area contributed by atoms with E-state index < -0.39 is 0 Å². The van der Waals surface area contributed by atoms with Gasteiger partial charge in [0.2, 0.25) is 11.8 Å². The summed E-state index contributed by atoms with van der Waals surface area (Å²) in [6.45, 7) is 5.92. The van der Waals surface area contributed by atoms with Crippen molar-refractivity contribution in [1.29, 1.82) is 0 Å². The van der Waals surface area contributed by atoms with Crippen molar-refractivity contribution in [2.45, 2.75) is 45.1 Å². The first-order valence-corrected chi connectivity index (χ1v) is 9.05. The molecule has 7 heteroatoms. The van der Waals surface area contributed by atoms with Crippen LogP contribution in [0.2, 0.25) is 0 Å². The Morgan fingerprint density at radius 1 is 1.19 bits per heavy atom. The fraction of sp³-hybridized carbons (Fsp3) is 0.400. The molecule has 1 saturated carbocycles. The number of para-hydroxylation sites is 1. The first kappa shape index (κ1) is 17.5. The molecule has 0 spiro atoms. The molecule has 1 fully saturated rings. The number of hydrogen-bond acceptors (Lipinski definition) is 6. The third-order valence-corrected chi connectivity index (χ3v) is 4.65. The van der Waals surface area contributed by atoms with Gasteiger partial charge in [0.25, 0.3) is 0 Å². The summed E-state index contributed by atoms with van der Waals surface area (Å²) in [5, 5.41) is 11.6. The summed E-state index contributed by atoms with van der Waals surface area (Å²) in [5.41, 5.74) is 0.589. The second kappa shape index (κ2) is 6.64. The summed E-state index contributed by atoms with van der Waals surface area (Å²) in [7, 11) is 0. The maximum Gasteiger partial charge on any atom is 0.322 e. The Hall–Kier alpha value is -2.96. The zero-order chi connectivity index (χ0) is 19.0. The average molecular weight is 366 g/mol. The van der Waals surface area contributed by atoms with Gasteiger partial charge in [-0.05, 0) is 25.0 Å². The molecule has 0 atom stereocenters. The number of carbonyl (C=O) groups is 1. The van der Waals surface area contributed by atoms with Crippen molar-refractivity contribution in [2.75, 3.05) is 5.32 Å². The van der Waals surface area contributed by atoms with Crippen molar-refractivity contribution in [3.05, 3.63) is 42.4 Å². The number of rotatable bonds is 4. The Morgan fingerprint density at radius 3 is 2.70 bits per heavy atom. The van der Waals surface area contributed by atoms with Crippen LogP contribution in [-0.4, -0.2) is 27.2 Å². The van der Waals surface area contributed by atoms with E-state index in [0.29, 0.717) is 18.7 Å². The summed E-state index contributed by atoms with van der Waals surface area (Å²) in [5.74, 6) is 1.01. The number of amides is 1. The maximum absolute atomic E-state index is 12.4. The minimum Gasteiger partial charge on any atom is -0.488 e. The van der Waals surface area contributed by atoms with Gasteiger partial charge in [0.05, 0.1) is 0 Å². The van der Waals surface area contributed by atoms with E-state index in [9.17, 15) is 4.79 Å². The minimum absolute atomic E-state index is 0.00109. The lowest BCUT2D eigenvalue weighted by atomic mass is 9.81. The molecule has 1 aliphatic rings. The molecule has 0 aliphatic heterocycles. The topological polar surface area (TPSA) is 90.1 Å². The first-order valence-electron chi connectivity index (χ1n) is 9.05. The molecular formula is C20H22N4O3. The molecule has 140 valence electrons. The zero-order valence-electron chi connectivity index (χ0n) is 15.6. The molecule has 7 nitrogen and oxygen atoms in total. The van der Waals surface area contributed by atoms with E-state index in [2.05, 4.69) is 20.5 Å². The first-order chi connectivity index (χ1) is 12.9. The van der Waals surface area contributed by atoms with Crippen LogP contribution in [0.3, 0.4) is 0 Å². The van der Waals surface area contributed by atoms with Gasteiger partial charge in [0.1, 0.15) is 17.4 Å². The maximum atomic E-state index is 12.4. The number of fused-ring (bicyclic) bond motifs is 1. The molecule has 4 rings (SSSR count). The number of anilines is 1. The zero-order valence-corrected chi connectivity index (χ0v) is 15.6. The fourth-order valence-electron chi connectivity index (χ4n) is 3.01. The highest BCUT2D eigenvalue weighted by atomic mass is 16.5. The van der Waals surface area contributed by atoms with Crippen molar-refractivity contribution in [3.8, 4) is 5.75 Å². The van der Waals surface area contributed by atoms with Crippen molar-refractivity contribution < 1.29 is 13.9 Å². The van der Waals surface area contributed by atoms with Gasteiger partial charge in [-0.15, -0.1) is 5.10 Å². The number of aromatic nitrogens is 3. The van der Waals surface area contributed by atoms with Crippen LogP contribution >= 0.6 is 0 Å².